The molecule has 12 heteroatoms. The number of nitrogens with one attached hydrogen (secondary N) is 2. The van der Waals surface area contributed by atoms with Crippen molar-refractivity contribution in [2.24, 2.45) is 0 Å². The van der Waals surface area contributed by atoms with Crippen LogP contribution in [0.15, 0.2) is 0 Å². The van der Waals surface area contributed by atoms with Crippen LogP contribution in [0.2, 0.25) is 0 Å². The Hall–Kier alpha value is -2.66. The summed E-state index contributed by atoms with van der Waals surface area (Å²) in [7, 11) is 0. The topological polar surface area (TPSA) is 109 Å². The highest BCUT2D eigenvalue weighted by Crippen LogP contribution is 2.28. The zero-order valence-corrected chi connectivity index (χ0v) is 13.5. The summed E-state index contributed by atoms with van der Waals surface area (Å²) in [6.07, 6.45) is -5.92. The molecule has 9 nitrogen and oxygen atoms in total. The molecule has 1 saturated heterocycles. The number of halogens is 3. The molecule has 1 aliphatic heterocycles. The lowest BCUT2D eigenvalue weighted by molar-refractivity contribution is -0.190. The number of carbonyl (C=O) groups is 1. The molecule has 1 fully saturated rings. The lowest BCUT2D eigenvalue weighted by atomic mass is 10.3. The first-order valence-corrected chi connectivity index (χ1v) is 7.58. The van der Waals surface area contributed by atoms with Crippen LogP contribution in [0.25, 0.3) is 11.2 Å². The van der Waals surface area contributed by atoms with Gasteiger partial charge in [-0.15, -0.1) is 5.10 Å². The molecule has 2 aromatic heterocycles. The first-order chi connectivity index (χ1) is 11.7. The predicted molar refractivity (Wildman–Crippen MR) is 80.1 cm³/mol. The number of hydrogen-bond acceptors (Lipinski definition) is 7. The van der Waals surface area contributed by atoms with Crippen LogP contribution in [0.4, 0.5) is 19.0 Å². The fourth-order valence-corrected chi connectivity index (χ4v) is 2.57. The molecule has 1 aliphatic rings. The molecule has 1 amide bonds. The SMILES string of the molecule is CC(=O)NC1CCN(c2nc(OC(C)C(F)(F)F)nc3n[nH]nc23)C1. The molecule has 3 heterocycles. The van der Waals surface area contributed by atoms with E-state index < -0.39 is 18.3 Å². The van der Waals surface area contributed by atoms with E-state index in [0.29, 0.717) is 30.8 Å². The molecule has 2 N–H and O–H groups in total. The van der Waals surface area contributed by atoms with Gasteiger partial charge in [0.05, 0.1) is 0 Å². The Morgan fingerprint density at radius 2 is 2.16 bits per heavy atom. The Bertz CT molecular complexity index is 779. The average molecular weight is 359 g/mol. The number of nitrogens with zero attached hydrogens (tertiary/aromatic N) is 5. The van der Waals surface area contributed by atoms with Crippen molar-refractivity contribution in [3.63, 3.8) is 0 Å². The highest BCUT2D eigenvalue weighted by Gasteiger charge is 2.39. The predicted octanol–water partition coefficient (Wildman–Crippen LogP) is 0.792. The number of hydrogen-bond donors (Lipinski definition) is 2. The molecule has 2 atom stereocenters. The maximum absolute atomic E-state index is 12.7. The van der Waals surface area contributed by atoms with Gasteiger partial charge in [0.2, 0.25) is 11.6 Å². The largest absolute Gasteiger partial charge is 0.451 e. The minimum absolute atomic E-state index is 0.0760. The molecule has 25 heavy (non-hydrogen) atoms. The molecule has 2 unspecified atom stereocenters. The van der Waals surface area contributed by atoms with Crippen LogP contribution in [0, 0.1) is 0 Å². The second kappa shape index (κ2) is 6.33. The fourth-order valence-electron chi connectivity index (χ4n) is 2.57. The summed E-state index contributed by atoms with van der Waals surface area (Å²) in [6.45, 7) is 3.30. The molecule has 136 valence electrons. The van der Waals surface area contributed by atoms with Crippen LogP contribution < -0.4 is 15.0 Å². The number of fused-ring (bicyclic) bond motifs is 1. The van der Waals surface area contributed by atoms with E-state index in [2.05, 4.69) is 30.7 Å². The molecule has 0 spiro atoms. The summed E-state index contributed by atoms with van der Waals surface area (Å²) in [5.41, 5.74) is 0.438. The number of aromatic amines is 1. The van der Waals surface area contributed by atoms with Gasteiger partial charge in [-0.2, -0.15) is 33.5 Å². The Morgan fingerprint density at radius 3 is 2.84 bits per heavy atom. The van der Waals surface area contributed by atoms with E-state index in [1.54, 1.807) is 4.90 Å². The van der Waals surface area contributed by atoms with Crippen molar-refractivity contribution in [2.75, 3.05) is 18.0 Å². The van der Waals surface area contributed by atoms with Crippen LogP contribution >= 0.6 is 0 Å². The Morgan fingerprint density at radius 1 is 1.40 bits per heavy atom. The number of H-pyrrole nitrogens is 1. The number of amides is 1. The van der Waals surface area contributed by atoms with Gasteiger partial charge in [-0.3, -0.25) is 4.79 Å². The quantitative estimate of drug-likeness (QED) is 0.831. The average Bonchev–Trinajstić information content (AvgIpc) is 3.13. The molecule has 0 aliphatic carbocycles. The normalized spacial score (nSPS) is 19.2. The third kappa shape index (κ3) is 3.72. The summed E-state index contributed by atoms with van der Waals surface area (Å²) in [6, 6.07) is -0.503. The fraction of sp³-hybridized carbons (Fsp3) is 0.615. The smallest absolute Gasteiger partial charge is 0.425 e. The van der Waals surface area contributed by atoms with Gasteiger partial charge >= 0.3 is 12.2 Å². The maximum Gasteiger partial charge on any atom is 0.425 e. The van der Waals surface area contributed by atoms with E-state index in [-0.39, 0.29) is 17.6 Å². The van der Waals surface area contributed by atoms with Gasteiger partial charge in [-0.25, -0.2) is 0 Å². The number of ether oxygens (including phenoxy) is 1. The van der Waals surface area contributed by atoms with E-state index >= 15 is 0 Å². The Labute approximate surface area is 139 Å². The van der Waals surface area contributed by atoms with Gasteiger partial charge < -0.3 is 15.0 Å². The number of rotatable bonds is 4. The van der Waals surface area contributed by atoms with Gasteiger partial charge in [0.25, 0.3) is 0 Å². The highest BCUT2D eigenvalue weighted by molar-refractivity contribution is 5.83. The highest BCUT2D eigenvalue weighted by atomic mass is 19.4. The van der Waals surface area contributed by atoms with E-state index in [1.807, 2.05) is 0 Å². The van der Waals surface area contributed by atoms with Crippen molar-refractivity contribution in [3.05, 3.63) is 0 Å². The Balaban J connectivity index is 1.87. The van der Waals surface area contributed by atoms with Crippen LogP contribution in [-0.2, 0) is 4.79 Å². The summed E-state index contributed by atoms with van der Waals surface area (Å²) in [4.78, 5) is 20.9. The first kappa shape index (κ1) is 17.2. The number of aromatic nitrogens is 5. The molecule has 0 bridgehead atoms. The molecule has 2 aromatic rings. The van der Waals surface area contributed by atoms with Crippen LogP contribution in [0.5, 0.6) is 6.01 Å². The molecule has 3 rings (SSSR count). The first-order valence-electron chi connectivity index (χ1n) is 7.58. The van der Waals surface area contributed by atoms with E-state index in [1.165, 1.54) is 6.92 Å². The van der Waals surface area contributed by atoms with Crippen molar-refractivity contribution in [1.29, 1.82) is 0 Å². The lowest BCUT2D eigenvalue weighted by Gasteiger charge is -2.20. The third-order valence-corrected chi connectivity index (χ3v) is 3.78. The van der Waals surface area contributed by atoms with E-state index in [4.69, 9.17) is 4.74 Å². The zero-order chi connectivity index (χ0) is 18.2. The van der Waals surface area contributed by atoms with Gasteiger partial charge in [-0.1, -0.05) is 0 Å². The monoisotopic (exact) mass is 359 g/mol. The van der Waals surface area contributed by atoms with Gasteiger partial charge in [0.15, 0.2) is 17.4 Å². The number of anilines is 1. The second-order valence-corrected chi connectivity index (χ2v) is 5.76. The van der Waals surface area contributed by atoms with Crippen LogP contribution in [0.3, 0.4) is 0 Å². The van der Waals surface area contributed by atoms with Crippen molar-refractivity contribution in [3.8, 4) is 6.01 Å². The van der Waals surface area contributed by atoms with Crippen LogP contribution in [0.1, 0.15) is 20.3 Å². The standard InChI is InChI=1S/C13H16F3N7O2/c1-6(13(14,15)16)25-12-18-10-9(20-22-21-10)11(19-12)23-4-3-8(5-23)17-7(2)24/h6,8H,3-5H2,1-2H3,(H,17,24)(H,18,19,20,21,22). The molecule has 0 saturated carbocycles. The van der Waals surface area contributed by atoms with Crippen molar-refractivity contribution in [1.82, 2.24) is 30.7 Å². The van der Waals surface area contributed by atoms with Gasteiger partial charge in [0.1, 0.15) is 0 Å². The maximum atomic E-state index is 12.7. The van der Waals surface area contributed by atoms with E-state index in [0.717, 1.165) is 6.92 Å². The number of carbonyl (C=O) groups excluding carboxylic acids is 1. The van der Waals surface area contributed by atoms with Gasteiger partial charge in [0, 0.05) is 26.1 Å². The summed E-state index contributed by atoms with van der Waals surface area (Å²) < 4.78 is 42.9. The van der Waals surface area contributed by atoms with E-state index in [9.17, 15) is 18.0 Å². The molecule has 0 aromatic carbocycles. The third-order valence-electron chi connectivity index (χ3n) is 3.78. The van der Waals surface area contributed by atoms with Gasteiger partial charge in [-0.05, 0) is 13.3 Å². The minimum Gasteiger partial charge on any atom is -0.451 e. The van der Waals surface area contributed by atoms with Crippen molar-refractivity contribution < 1.29 is 22.7 Å². The Kier molecular flexibility index (Phi) is 4.35. The zero-order valence-electron chi connectivity index (χ0n) is 13.5. The second-order valence-electron chi connectivity index (χ2n) is 5.76. The number of alkyl halides is 3. The summed E-state index contributed by atoms with van der Waals surface area (Å²) in [5, 5.41) is 12.9. The molecular formula is C13H16F3N7O2. The molecule has 0 radical (unpaired) electrons. The summed E-state index contributed by atoms with van der Waals surface area (Å²) >= 11 is 0. The van der Waals surface area contributed by atoms with Crippen LogP contribution in [-0.4, -0.2) is 62.7 Å². The minimum atomic E-state index is -4.54. The van der Waals surface area contributed by atoms with Crippen molar-refractivity contribution in [2.45, 2.75) is 38.6 Å². The lowest BCUT2D eigenvalue weighted by Crippen LogP contribution is -2.36. The summed E-state index contributed by atoms with van der Waals surface area (Å²) in [5.74, 6) is 0.167. The molecular weight excluding hydrogens is 343 g/mol. The van der Waals surface area contributed by atoms with Crippen molar-refractivity contribution >= 4 is 22.9 Å².